The molecule has 0 radical (unpaired) electrons. The summed E-state index contributed by atoms with van der Waals surface area (Å²) in [4.78, 5) is 19.4. The molecule has 1 aromatic heterocycles. The molecule has 150 valence electrons. The highest BCUT2D eigenvalue weighted by Gasteiger charge is 2.27. The molecular formula is C22H23N3O3S. The molecule has 1 amide bonds. The van der Waals surface area contributed by atoms with Crippen LogP contribution in [0.3, 0.4) is 0 Å². The fourth-order valence-electron chi connectivity index (χ4n) is 3.65. The summed E-state index contributed by atoms with van der Waals surface area (Å²) in [5.74, 6) is 1.32. The minimum Gasteiger partial charge on any atom is -0.497 e. The molecule has 1 unspecified atom stereocenters. The number of anilines is 2. The second-order valence-electron chi connectivity index (χ2n) is 6.96. The minimum atomic E-state index is -0.0730. The highest BCUT2D eigenvalue weighted by molar-refractivity contribution is 7.14. The summed E-state index contributed by atoms with van der Waals surface area (Å²) >= 11 is 1.40. The Hall–Kier alpha value is -3.06. The summed E-state index contributed by atoms with van der Waals surface area (Å²) in [5, 5.41) is 5.41. The van der Waals surface area contributed by atoms with E-state index >= 15 is 0 Å². The van der Waals surface area contributed by atoms with E-state index < -0.39 is 0 Å². The maximum atomic E-state index is 12.6. The van der Waals surface area contributed by atoms with Crippen molar-refractivity contribution in [3.05, 3.63) is 53.4 Å². The molecule has 0 aliphatic carbocycles. The van der Waals surface area contributed by atoms with Gasteiger partial charge in [0.1, 0.15) is 11.5 Å². The van der Waals surface area contributed by atoms with E-state index in [2.05, 4.69) is 34.3 Å². The van der Waals surface area contributed by atoms with Crippen molar-refractivity contribution in [1.29, 1.82) is 0 Å². The topological polar surface area (TPSA) is 63.7 Å². The Balaban J connectivity index is 1.47. The zero-order valence-corrected chi connectivity index (χ0v) is 17.5. The smallest absolute Gasteiger partial charge is 0.245 e. The number of nitrogens with zero attached hydrogens (tertiary/aromatic N) is 2. The van der Waals surface area contributed by atoms with E-state index in [4.69, 9.17) is 9.47 Å². The van der Waals surface area contributed by atoms with E-state index in [0.29, 0.717) is 23.5 Å². The molecule has 2 heterocycles. The van der Waals surface area contributed by atoms with Crippen LogP contribution < -0.4 is 19.7 Å². The van der Waals surface area contributed by atoms with Crippen LogP contribution in [0, 0.1) is 0 Å². The van der Waals surface area contributed by atoms with Gasteiger partial charge in [-0.25, -0.2) is 4.98 Å². The predicted octanol–water partition coefficient (Wildman–Crippen LogP) is 4.22. The number of hydrogen-bond donors (Lipinski definition) is 1. The van der Waals surface area contributed by atoms with Crippen LogP contribution >= 0.6 is 11.3 Å². The maximum absolute atomic E-state index is 12.6. The monoisotopic (exact) mass is 409 g/mol. The first kappa shape index (κ1) is 19.3. The van der Waals surface area contributed by atoms with E-state index in [1.54, 1.807) is 14.2 Å². The van der Waals surface area contributed by atoms with Crippen molar-refractivity contribution < 1.29 is 14.3 Å². The zero-order valence-electron chi connectivity index (χ0n) is 16.6. The Kier molecular flexibility index (Phi) is 5.40. The quantitative estimate of drug-likeness (QED) is 0.661. The van der Waals surface area contributed by atoms with Gasteiger partial charge in [-0.15, -0.1) is 11.3 Å². The molecule has 1 aliphatic rings. The fourth-order valence-corrected chi connectivity index (χ4v) is 4.38. The van der Waals surface area contributed by atoms with Crippen LogP contribution in [-0.4, -0.2) is 37.7 Å². The minimum absolute atomic E-state index is 0.0730. The van der Waals surface area contributed by atoms with Gasteiger partial charge in [0.25, 0.3) is 0 Å². The summed E-state index contributed by atoms with van der Waals surface area (Å²) in [6.07, 6.45) is 0.960. The first-order valence-electron chi connectivity index (χ1n) is 9.41. The molecule has 1 aliphatic heterocycles. The van der Waals surface area contributed by atoms with Crippen LogP contribution in [0.2, 0.25) is 0 Å². The van der Waals surface area contributed by atoms with Crippen LogP contribution in [-0.2, 0) is 11.2 Å². The van der Waals surface area contributed by atoms with Crippen LogP contribution in [0.15, 0.2) is 47.8 Å². The van der Waals surface area contributed by atoms with Gasteiger partial charge in [0, 0.05) is 28.7 Å². The molecule has 0 bridgehead atoms. The summed E-state index contributed by atoms with van der Waals surface area (Å²) in [5.41, 5.74) is 4.03. The van der Waals surface area contributed by atoms with Crippen molar-refractivity contribution in [3.8, 4) is 22.8 Å². The number of thiazole rings is 1. The van der Waals surface area contributed by atoms with Gasteiger partial charge >= 0.3 is 0 Å². The number of para-hydroxylation sites is 1. The molecule has 3 aromatic rings. The molecule has 6 nitrogen and oxygen atoms in total. The molecule has 0 saturated carbocycles. The van der Waals surface area contributed by atoms with E-state index in [1.165, 1.54) is 16.9 Å². The number of ether oxygens (including phenoxy) is 2. The number of carbonyl (C=O) groups excluding carboxylic acids is 1. The number of aromatic nitrogens is 1. The first-order chi connectivity index (χ1) is 14.1. The fraction of sp³-hybridized carbons (Fsp3) is 0.273. The van der Waals surface area contributed by atoms with Gasteiger partial charge in [-0.3, -0.25) is 4.79 Å². The number of carbonyl (C=O) groups is 1. The molecule has 0 fully saturated rings. The molecule has 29 heavy (non-hydrogen) atoms. The summed E-state index contributed by atoms with van der Waals surface area (Å²) in [6.45, 7) is 2.45. The van der Waals surface area contributed by atoms with Crippen molar-refractivity contribution >= 4 is 28.1 Å². The number of hydrogen-bond acceptors (Lipinski definition) is 6. The number of fused-ring (bicyclic) bond motifs is 1. The molecule has 7 heteroatoms. The SMILES string of the molecule is COc1ccc(-c2csc(NC(=O)CN3c4ccccc4CC3C)n2)c(OC)c1. The summed E-state index contributed by atoms with van der Waals surface area (Å²) in [6, 6.07) is 14.1. The van der Waals surface area contributed by atoms with Crippen molar-refractivity contribution in [2.45, 2.75) is 19.4 Å². The molecule has 1 N–H and O–H groups in total. The largest absolute Gasteiger partial charge is 0.497 e. The van der Waals surface area contributed by atoms with Gasteiger partial charge in [-0.1, -0.05) is 18.2 Å². The third-order valence-electron chi connectivity index (χ3n) is 5.10. The third-order valence-corrected chi connectivity index (χ3v) is 5.86. The molecule has 1 atom stereocenters. The van der Waals surface area contributed by atoms with Gasteiger partial charge < -0.3 is 19.7 Å². The molecule has 0 saturated heterocycles. The average molecular weight is 410 g/mol. The van der Waals surface area contributed by atoms with E-state index in [0.717, 1.165) is 29.1 Å². The van der Waals surface area contributed by atoms with Gasteiger partial charge in [0.05, 0.1) is 26.5 Å². The van der Waals surface area contributed by atoms with Crippen LogP contribution in [0.5, 0.6) is 11.5 Å². The standard InChI is InChI=1S/C22H23N3O3S/c1-14-10-15-6-4-5-7-19(15)25(14)12-21(26)24-22-23-18(13-29-22)17-9-8-16(27-2)11-20(17)28-3/h4-9,11,13-14H,10,12H2,1-3H3,(H,23,24,26). The Labute approximate surface area is 174 Å². The third kappa shape index (κ3) is 3.91. The first-order valence-corrected chi connectivity index (χ1v) is 10.3. The predicted molar refractivity (Wildman–Crippen MR) is 116 cm³/mol. The lowest BCUT2D eigenvalue weighted by molar-refractivity contribution is -0.115. The Morgan fingerprint density at radius 3 is 2.86 bits per heavy atom. The maximum Gasteiger partial charge on any atom is 0.245 e. The van der Waals surface area contributed by atoms with Crippen molar-refractivity contribution in [2.24, 2.45) is 0 Å². The van der Waals surface area contributed by atoms with Crippen LogP contribution in [0.4, 0.5) is 10.8 Å². The van der Waals surface area contributed by atoms with Gasteiger partial charge in [-0.05, 0) is 37.1 Å². The molecule has 0 spiro atoms. The zero-order chi connectivity index (χ0) is 20.4. The van der Waals surface area contributed by atoms with E-state index in [-0.39, 0.29) is 5.91 Å². The highest BCUT2D eigenvalue weighted by Crippen LogP contribution is 2.35. The second kappa shape index (κ2) is 8.13. The van der Waals surface area contributed by atoms with Crippen LogP contribution in [0.25, 0.3) is 11.3 Å². The van der Waals surface area contributed by atoms with Crippen molar-refractivity contribution in [2.75, 3.05) is 31.0 Å². The average Bonchev–Trinajstić information content (AvgIpc) is 3.32. The number of amides is 1. The molecular weight excluding hydrogens is 386 g/mol. The number of nitrogens with one attached hydrogen (secondary N) is 1. The molecule has 2 aromatic carbocycles. The van der Waals surface area contributed by atoms with E-state index in [1.807, 2.05) is 35.7 Å². The van der Waals surface area contributed by atoms with Gasteiger partial charge in [-0.2, -0.15) is 0 Å². The van der Waals surface area contributed by atoms with Gasteiger partial charge in [0.15, 0.2) is 5.13 Å². The van der Waals surface area contributed by atoms with Crippen molar-refractivity contribution in [1.82, 2.24) is 4.98 Å². The highest BCUT2D eigenvalue weighted by atomic mass is 32.1. The van der Waals surface area contributed by atoms with Crippen LogP contribution in [0.1, 0.15) is 12.5 Å². The Morgan fingerprint density at radius 2 is 2.07 bits per heavy atom. The number of benzene rings is 2. The summed E-state index contributed by atoms with van der Waals surface area (Å²) in [7, 11) is 3.23. The second-order valence-corrected chi connectivity index (χ2v) is 7.82. The number of methoxy groups -OCH3 is 2. The Bertz CT molecular complexity index is 1030. The lowest BCUT2D eigenvalue weighted by atomic mass is 10.1. The van der Waals surface area contributed by atoms with Crippen molar-refractivity contribution in [3.63, 3.8) is 0 Å². The molecule has 4 rings (SSSR count). The number of rotatable bonds is 6. The summed E-state index contributed by atoms with van der Waals surface area (Å²) < 4.78 is 10.7. The Morgan fingerprint density at radius 1 is 1.24 bits per heavy atom. The van der Waals surface area contributed by atoms with Gasteiger partial charge in [0.2, 0.25) is 5.91 Å². The normalized spacial score (nSPS) is 15.1. The lowest BCUT2D eigenvalue weighted by Gasteiger charge is -2.23. The lowest BCUT2D eigenvalue weighted by Crippen LogP contribution is -2.37. The van der Waals surface area contributed by atoms with E-state index in [9.17, 15) is 4.79 Å².